The van der Waals surface area contributed by atoms with E-state index in [0.29, 0.717) is 29.1 Å². The highest BCUT2D eigenvalue weighted by atomic mass is 35.5. The van der Waals surface area contributed by atoms with Crippen LogP contribution in [0.4, 0.5) is 0 Å². The quantitative estimate of drug-likeness (QED) is 0.572. The van der Waals surface area contributed by atoms with Gasteiger partial charge in [0, 0.05) is 33.9 Å². The molecule has 0 N–H and O–H groups in total. The van der Waals surface area contributed by atoms with Gasteiger partial charge in [0.15, 0.2) is 0 Å². The first-order valence-corrected chi connectivity index (χ1v) is 12.1. The number of hydrogen-bond donors (Lipinski definition) is 0. The third-order valence-corrected chi connectivity index (χ3v) is 7.25. The molecule has 0 saturated heterocycles. The van der Waals surface area contributed by atoms with E-state index in [2.05, 4.69) is 25.3 Å². The minimum absolute atomic E-state index is 0.0301. The van der Waals surface area contributed by atoms with E-state index in [4.69, 9.17) is 23.2 Å². The van der Waals surface area contributed by atoms with Crippen LogP contribution in [0.3, 0.4) is 0 Å². The van der Waals surface area contributed by atoms with E-state index in [1.165, 1.54) is 4.88 Å². The molecular formula is C23H26Cl2N2O2S. The minimum Gasteiger partial charge on any atom is -0.333 e. The van der Waals surface area contributed by atoms with Crippen molar-refractivity contribution in [1.29, 1.82) is 0 Å². The Balaban J connectivity index is 1.63. The molecule has 7 heteroatoms. The molecule has 1 atom stereocenters. The minimum atomic E-state index is -0.255. The molecule has 2 aliphatic rings. The topological polar surface area (TPSA) is 40.6 Å². The van der Waals surface area contributed by atoms with Crippen LogP contribution in [0.5, 0.6) is 0 Å². The molecule has 1 aromatic carbocycles. The van der Waals surface area contributed by atoms with Crippen LogP contribution in [0.15, 0.2) is 29.6 Å². The van der Waals surface area contributed by atoms with Gasteiger partial charge in [-0.05, 0) is 59.9 Å². The average molecular weight is 465 g/mol. The van der Waals surface area contributed by atoms with Gasteiger partial charge in [0.05, 0.1) is 12.6 Å². The second-order valence-corrected chi connectivity index (χ2v) is 10.4. The third kappa shape index (κ3) is 4.53. The molecule has 1 unspecified atom stereocenters. The maximum atomic E-state index is 13.5. The van der Waals surface area contributed by atoms with Gasteiger partial charge in [-0.1, -0.05) is 43.1 Å². The van der Waals surface area contributed by atoms with Crippen molar-refractivity contribution in [2.75, 3.05) is 19.6 Å². The Morgan fingerprint density at radius 3 is 2.63 bits per heavy atom. The van der Waals surface area contributed by atoms with Gasteiger partial charge in [-0.15, -0.1) is 11.3 Å². The monoisotopic (exact) mass is 464 g/mol. The molecule has 0 spiro atoms. The zero-order chi connectivity index (χ0) is 21.4. The van der Waals surface area contributed by atoms with E-state index >= 15 is 0 Å². The van der Waals surface area contributed by atoms with Crippen LogP contribution in [0.25, 0.3) is 0 Å². The fourth-order valence-electron chi connectivity index (χ4n) is 4.16. The van der Waals surface area contributed by atoms with Gasteiger partial charge in [0.25, 0.3) is 0 Å². The van der Waals surface area contributed by atoms with Gasteiger partial charge in [-0.3, -0.25) is 9.59 Å². The summed E-state index contributed by atoms with van der Waals surface area (Å²) in [5, 5.41) is 3.19. The van der Waals surface area contributed by atoms with Crippen molar-refractivity contribution >= 4 is 46.4 Å². The van der Waals surface area contributed by atoms with Crippen molar-refractivity contribution in [1.82, 2.24) is 9.80 Å². The normalized spacial score (nSPS) is 18.4. The molecule has 2 heterocycles. The Morgan fingerprint density at radius 1 is 1.20 bits per heavy atom. The van der Waals surface area contributed by atoms with Crippen molar-refractivity contribution < 1.29 is 9.59 Å². The largest absolute Gasteiger partial charge is 0.333 e. The van der Waals surface area contributed by atoms with Crippen molar-refractivity contribution in [2.24, 2.45) is 11.8 Å². The molecule has 1 fully saturated rings. The number of nitrogens with zero attached hydrogens (tertiary/aromatic N) is 2. The number of rotatable bonds is 6. The zero-order valence-corrected chi connectivity index (χ0v) is 19.6. The van der Waals surface area contributed by atoms with Gasteiger partial charge in [0.1, 0.15) is 0 Å². The highest BCUT2D eigenvalue weighted by molar-refractivity contribution is 7.10. The van der Waals surface area contributed by atoms with E-state index in [1.807, 2.05) is 17.0 Å². The van der Waals surface area contributed by atoms with E-state index in [1.54, 1.807) is 22.3 Å². The van der Waals surface area contributed by atoms with Crippen molar-refractivity contribution in [3.8, 4) is 0 Å². The lowest BCUT2D eigenvalue weighted by molar-refractivity contribution is -0.142. The predicted octanol–water partition coefficient (Wildman–Crippen LogP) is 5.42. The van der Waals surface area contributed by atoms with E-state index in [0.717, 1.165) is 30.4 Å². The van der Waals surface area contributed by atoms with Gasteiger partial charge in [-0.25, -0.2) is 0 Å². The second kappa shape index (κ2) is 8.89. The Morgan fingerprint density at radius 2 is 1.97 bits per heavy atom. The lowest BCUT2D eigenvalue weighted by atomic mass is 9.93. The van der Waals surface area contributed by atoms with Crippen molar-refractivity contribution in [3.05, 3.63) is 55.7 Å². The van der Waals surface area contributed by atoms with Crippen LogP contribution in [0.1, 0.15) is 48.7 Å². The molecular weight excluding hydrogens is 439 g/mol. The summed E-state index contributed by atoms with van der Waals surface area (Å²) in [5.74, 6) is 0.499. The molecule has 4 rings (SSSR count). The number of halogens is 2. The first-order chi connectivity index (χ1) is 14.3. The summed E-state index contributed by atoms with van der Waals surface area (Å²) in [6.45, 7) is 5.49. The van der Waals surface area contributed by atoms with Crippen LogP contribution >= 0.6 is 34.5 Å². The lowest BCUT2D eigenvalue weighted by Gasteiger charge is -2.38. The molecule has 2 amide bonds. The maximum absolute atomic E-state index is 13.5. The molecule has 30 heavy (non-hydrogen) atoms. The van der Waals surface area contributed by atoms with Crippen LogP contribution < -0.4 is 0 Å². The predicted molar refractivity (Wildman–Crippen MR) is 122 cm³/mol. The van der Waals surface area contributed by atoms with Crippen LogP contribution in [0.2, 0.25) is 10.0 Å². The van der Waals surface area contributed by atoms with Crippen molar-refractivity contribution in [3.63, 3.8) is 0 Å². The first-order valence-electron chi connectivity index (χ1n) is 10.4. The van der Waals surface area contributed by atoms with Gasteiger partial charge < -0.3 is 9.80 Å². The van der Waals surface area contributed by atoms with Crippen molar-refractivity contribution in [2.45, 2.75) is 39.2 Å². The number of thiophene rings is 1. The number of fused-ring (bicyclic) bond motifs is 1. The molecule has 1 saturated carbocycles. The summed E-state index contributed by atoms with van der Waals surface area (Å²) in [4.78, 5) is 31.2. The van der Waals surface area contributed by atoms with E-state index in [-0.39, 0.29) is 30.3 Å². The number of carbonyl (C=O) groups excluding carboxylic acids is 2. The third-order valence-electron chi connectivity index (χ3n) is 5.69. The zero-order valence-electron chi connectivity index (χ0n) is 17.2. The second-order valence-electron chi connectivity index (χ2n) is 8.59. The molecule has 1 aromatic heterocycles. The number of amides is 2. The van der Waals surface area contributed by atoms with Gasteiger partial charge in [-0.2, -0.15) is 0 Å². The molecule has 4 nitrogen and oxygen atoms in total. The fourth-order valence-corrected chi connectivity index (χ4v) is 5.58. The summed E-state index contributed by atoms with van der Waals surface area (Å²) < 4.78 is 0. The average Bonchev–Trinajstić information content (AvgIpc) is 3.43. The van der Waals surface area contributed by atoms with Gasteiger partial charge >= 0.3 is 0 Å². The molecule has 0 radical (unpaired) electrons. The Hall–Kier alpha value is -1.56. The van der Waals surface area contributed by atoms with Gasteiger partial charge in [0.2, 0.25) is 11.8 Å². The molecule has 2 aromatic rings. The molecule has 1 aliphatic carbocycles. The summed E-state index contributed by atoms with van der Waals surface area (Å²) in [6, 6.07) is 7.27. The smallest absolute Gasteiger partial charge is 0.242 e. The number of benzene rings is 1. The number of carbonyl (C=O) groups is 2. The molecule has 1 aliphatic heterocycles. The van der Waals surface area contributed by atoms with E-state index < -0.39 is 0 Å². The highest BCUT2D eigenvalue weighted by Crippen LogP contribution is 2.41. The first kappa shape index (κ1) is 21.7. The van der Waals surface area contributed by atoms with Crippen LogP contribution in [-0.4, -0.2) is 41.2 Å². The highest BCUT2D eigenvalue weighted by Gasteiger charge is 2.38. The Labute approximate surface area is 191 Å². The standard InChI is InChI=1S/C23H26Cl2N2O2S/c1-14(2)12-26(23(29)15-3-4-15)13-21(28)27-9-7-20-18(8-10-30-20)22(27)17-6-5-16(24)11-19(17)25/h5-6,8,10-11,14-15,22H,3-4,7,9,12-13H2,1-2H3. The lowest BCUT2D eigenvalue weighted by Crippen LogP contribution is -2.48. The molecule has 0 bridgehead atoms. The summed E-state index contributed by atoms with van der Waals surface area (Å²) in [6.07, 6.45) is 2.69. The van der Waals surface area contributed by atoms with Crippen LogP contribution in [0, 0.1) is 11.8 Å². The maximum Gasteiger partial charge on any atom is 0.242 e. The SMILES string of the molecule is CC(C)CN(CC(=O)N1CCc2sccc2C1c1ccc(Cl)cc1Cl)C(=O)C1CC1. The number of hydrogen-bond acceptors (Lipinski definition) is 3. The summed E-state index contributed by atoms with van der Waals surface area (Å²) in [5.41, 5.74) is 1.99. The van der Waals surface area contributed by atoms with Crippen LogP contribution in [-0.2, 0) is 16.0 Å². The van der Waals surface area contributed by atoms with E-state index in [9.17, 15) is 9.59 Å². The fraction of sp³-hybridized carbons (Fsp3) is 0.478. The Kier molecular flexibility index (Phi) is 6.42. The molecule has 160 valence electrons. The summed E-state index contributed by atoms with van der Waals surface area (Å²) >= 11 is 14.4. The summed E-state index contributed by atoms with van der Waals surface area (Å²) in [7, 11) is 0. The Bertz CT molecular complexity index is 954.